The number of nitrogens with zero attached hydrogens (tertiary/aromatic N) is 1. The Labute approximate surface area is 186 Å². The molecule has 158 valence electrons. The van der Waals surface area contributed by atoms with Crippen LogP contribution in [0.15, 0.2) is 48.5 Å². The molecule has 0 aliphatic rings. The molecule has 0 aromatic heterocycles. The van der Waals surface area contributed by atoms with Crippen LogP contribution in [0, 0.1) is 0 Å². The fraction of sp³-hybridized carbons (Fsp3) is 0.350. The van der Waals surface area contributed by atoms with Crippen LogP contribution in [0.5, 0.6) is 0 Å². The fourth-order valence-corrected chi connectivity index (χ4v) is 5.37. The first-order valence-electron chi connectivity index (χ1n) is 9.08. The van der Waals surface area contributed by atoms with Gasteiger partial charge in [0.2, 0.25) is 15.9 Å². The van der Waals surface area contributed by atoms with Crippen LogP contribution in [-0.4, -0.2) is 38.9 Å². The molecule has 0 aliphatic heterocycles. The van der Waals surface area contributed by atoms with Crippen molar-refractivity contribution in [3.63, 3.8) is 0 Å². The monoisotopic (exact) mass is 474 g/mol. The standard InChI is InChI=1S/C20H24Cl2N2O3S2/c1-3-19(24(29(2,26)27)17-9-6-8-16(21)13-17)20(25)23-11-12-28-14-15-7-4-5-10-18(15)22/h4-10,13,19H,3,11-12,14H2,1-2H3,(H,23,25)/t19-/m1/s1. The first kappa shape index (κ1) is 23.9. The minimum Gasteiger partial charge on any atom is -0.353 e. The molecule has 0 aliphatic carbocycles. The average molecular weight is 475 g/mol. The van der Waals surface area contributed by atoms with Gasteiger partial charge in [0.25, 0.3) is 0 Å². The number of hydrogen-bond donors (Lipinski definition) is 1. The summed E-state index contributed by atoms with van der Waals surface area (Å²) in [5.74, 6) is 1.09. The predicted octanol–water partition coefficient (Wildman–Crippen LogP) is 4.59. The average Bonchev–Trinajstić information content (AvgIpc) is 2.65. The summed E-state index contributed by atoms with van der Waals surface area (Å²) in [6.07, 6.45) is 1.42. The Hall–Kier alpha value is -1.41. The highest BCUT2D eigenvalue weighted by atomic mass is 35.5. The van der Waals surface area contributed by atoms with Crippen molar-refractivity contribution in [1.29, 1.82) is 0 Å². The molecule has 5 nitrogen and oxygen atoms in total. The van der Waals surface area contributed by atoms with Crippen molar-refractivity contribution >= 4 is 56.6 Å². The molecule has 0 saturated carbocycles. The number of hydrogen-bond acceptors (Lipinski definition) is 4. The molecule has 0 fully saturated rings. The van der Waals surface area contributed by atoms with Gasteiger partial charge in [0.1, 0.15) is 6.04 Å². The van der Waals surface area contributed by atoms with Gasteiger partial charge in [0.05, 0.1) is 11.9 Å². The van der Waals surface area contributed by atoms with Crippen molar-refractivity contribution in [2.75, 3.05) is 22.9 Å². The van der Waals surface area contributed by atoms with E-state index in [4.69, 9.17) is 23.2 Å². The Balaban J connectivity index is 1.98. The first-order valence-corrected chi connectivity index (χ1v) is 12.8. The van der Waals surface area contributed by atoms with E-state index in [1.165, 1.54) is 6.07 Å². The molecular formula is C20H24Cl2N2O3S2. The zero-order valence-electron chi connectivity index (χ0n) is 16.3. The van der Waals surface area contributed by atoms with Crippen LogP contribution >= 0.6 is 35.0 Å². The van der Waals surface area contributed by atoms with Crippen LogP contribution in [0.4, 0.5) is 5.69 Å². The van der Waals surface area contributed by atoms with Gasteiger partial charge < -0.3 is 5.32 Å². The summed E-state index contributed by atoms with van der Waals surface area (Å²) in [7, 11) is -3.67. The number of carbonyl (C=O) groups excluding carboxylic acids is 1. The summed E-state index contributed by atoms with van der Waals surface area (Å²) in [6, 6.07) is 13.3. The Morgan fingerprint density at radius 2 is 1.90 bits per heavy atom. The molecule has 1 N–H and O–H groups in total. The van der Waals surface area contributed by atoms with Crippen LogP contribution in [0.25, 0.3) is 0 Å². The van der Waals surface area contributed by atoms with E-state index >= 15 is 0 Å². The van der Waals surface area contributed by atoms with Crippen molar-refractivity contribution in [2.45, 2.75) is 25.1 Å². The number of rotatable bonds is 10. The maximum atomic E-state index is 12.7. The van der Waals surface area contributed by atoms with E-state index in [1.807, 2.05) is 24.3 Å². The van der Waals surface area contributed by atoms with Gasteiger partial charge in [-0.3, -0.25) is 9.10 Å². The number of nitrogens with one attached hydrogen (secondary N) is 1. The van der Waals surface area contributed by atoms with E-state index < -0.39 is 16.1 Å². The summed E-state index contributed by atoms with van der Waals surface area (Å²) in [5, 5.41) is 3.97. The Kier molecular flexibility index (Phi) is 9.14. The molecule has 0 heterocycles. The van der Waals surface area contributed by atoms with E-state index in [-0.39, 0.29) is 5.91 Å². The highest BCUT2D eigenvalue weighted by Crippen LogP contribution is 2.25. The van der Waals surface area contributed by atoms with Gasteiger partial charge in [0, 0.05) is 28.1 Å². The second-order valence-electron chi connectivity index (χ2n) is 6.40. The topological polar surface area (TPSA) is 66.5 Å². The largest absolute Gasteiger partial charge is 0.353 e. The minimum absolute atomic E-state index is 0.332. The first-order chi connectivity index (χ1) is 13.7. The van der Waals surface area contributed by atoms with Crippen molar-refractivity contribution in [3.8, 4) is 0 Å². The maximum Gasteiger partial charge on any atom is 0.243 e. The zero-order chi connectivity index (χ0) is 21.4. The van der Waals surface area contributed by atoms with Crippen molar-refractivity contribution in [2.24, 2.45) is 0 Å². The molecule has 0 radical (unpaired) electrons. The van der Waals surface area contributed by atoms with E-state index in [1.54, 1.807) is 36.9 Å². The number of benzene rings is 2. The molecule has 0 unspecified atom stereocenters. The SMILES string of the molecule is CC[C@H](C(=O)NCCSCc1ccccc1Cl)N(c1cccc(Cl)c1)S(C)(=O)=O. The normalized spacial score (nSPS) is 12.4. The smallest absolute Gasteiger partial charge is 0.243 e. The van der Waals surface area contributed by atoms with E-state index in [9.17, 15) is 13.2 Å². The van der Waals surface area contributed by atoms with Gasteiger partial charge in [-0.25, -0.2) is 8.42 Å². The fourth-order valence-electron chi connectivity index (χ4n) is 2.84. The Morgan fingerprint density at radius 1 is 1.17 bits per heavy atom. The summed E-state index contributed by atoms with van der Waals surface area (Å²) in [4.78, 5) is 12.7. The van der Waals surface area contributed by atoms with E-state index in [0.29, 0.717) is 29.4 Å². The third kappa shape index (κ3) is 7.10. The highest BCUT2D eigenvalue weighted by Gasteiger charge is 2.31. The number of carbonyl (C=O) groups is 1. The number of amides is 1. The summed E-state index contributed by atoms with van der Waals surface area (Å²) < 4.78 is 25.9. The van der Waals surface area contributed by atoms with Gasteiger partial charge in [0.15, 0.2) is 0 Å². The minimum atomic E-state index is -3.67. The Morgan fingerprint density at radius 3 is 2.52 bits per heavy atom. The van der Waals surface area contributed by atoms with E-state index in [2.05, 4.69) is 5.32 Å². The molecule has 2 rings (SSSR count). The quantitative estimate of drug-likeness (QED) is 0.511. The van der Waals surface area contributed by atoms with Gasteiger partial charge in [-0.05, 0) is 36.2 Å². The lowest BCUT2D eigenvalue weighted by Crippen LogP contribution is -2.49. The third-order valence-corrected chi connectivity index (χ3v) is 6.95. The second-order valence-corrected chi connectivity index (χ2v) is 10.2. The third-order valence-electron chi connectivity index (χ3n) is 4.15. The lowest BCUT2D eigenvalue weighted by molar-refractivity contribution is -0.122. The van der Waals surface area contributed by atoms with Crippen LogP contribution in [0.1, 0.15) is 18.9 Å². The molecular weight excluding hydrogens is 451 g/mol. The van der Waals surface area contributed by atoms with Gasteiger partial charge in [-0.1, -0.05) is 54.4 Å². The number of sulfonamides is 1. The van der Waals surface area contributed by atoms with Crippen LogP contribution in [0.2, 0.25) is 10.0 Å². The van der Waals surface area contributed by atoms with Gasteiger partial charge in [-0.15, -0.1) is 0 Å². The number of thioether (sulfide) groups is 1. The molecule has 0 saturated heterocycles. The summed E-state index contributed by atoms with van der Waals surface area (Å²) >= 11 is 13.8. The van der Waals surface area contributed by atoms with Crippen LogP contribution in [0.3, 0.4) is 0 Å². The van der Waals surface area contributed by atoms with Crippen molar-refractivity contribution < 1.29 is 13.2 Å². The van der Waals surface area contributed by atoms with Crippen molar-refractivity contribution in [3.05, 3.63) is 64.1 Å². The lowest BCUT2D eigenvalue weighted by Gasteiger charge is -2.30. The zero-order valence-corrected chi connectivity index (χ0v) is 19.4. The molecule has 1 amide bonds. The van der Waals surface area contributed by atoms with Crippen molar-refractivity contribution in [1.82, 2.24) is 5.32 Å². The number of halogens is 2. The molecule has 0 bridgehead atoms. The van der Waals surface area contributed by atoms with E-state index in [0.717, 1.165) is 26.9 Å². The molecule has 0 spiro atoms. The molecule has 2 aromatic rings. The predicted molar refractivity (Wildman–Crippen MR) is 123 cm³/mol. The van der Waals surface area contributed by atoms with Crippen LogP contribution < -0.4 is 9.62 Å². The highest BCUT2D eigenvalue weighted by molar-refractivity contribution is 7.98. The van der Waals surface area contributed by atoms with Gasteiger partial charge in [-0.2, -0.15) is 11.8 Å². The maximum absolute atomic E-state index is 12.7. The molecule has 1 atom stereocenters. The summed E-state index contributed by atoms with van der Waals surface area (Å²) in [6.45, 7) is 2.21. The molecule has 2 aromatic carbocycles. The lowest BCUT2D eigenvalue weighted by atomic mass is 10.2. The Bertz CT molecular complexity index is 939. The molecule has 9 heteroatoms. The second kappa shape index (κ2) is 11.1. The molecule has 29 heavy (non-hydrogen) atoms. The summed E-state index contributed by atoms with van der Waals surface area (Å²) in [5.41, 5.74) is 1.41. The van der Waals surface area contributed by atoms with Crippen LogP contribution in [-0.2, 0) is 20.6 Å². The number of anilines is 1. The van der Waals surface area contributed by atoms with Gasteiger partial charge >= 0.3 is 0 Å².